The highest BCUT2D eigenvalue weighted by atomic mass is 32.1. The molecule has 0 saturated carbocycles. The first-order valence-corrected chi connectivity index (χ1v) is 11.0. The molecular weight excluding hydrogens is 470 g/mol. The van der Waals surface area contributed by atoms with Crippen LogP contribution in [0.4, 0.5) is 8.78 Å². The molecule has 0 saturated heterocycles. The van der Waals surface area contributed by atoms with Crippen LogP contribution >= 0.6 is 12.2 Å². The molecule has 35 heavy (non-hydrogen) atoms. The van der Waals surface area contributed by atoms with E-state index in [0.29, 0.717) is 11.4 Å². The molecule has 2 heterocycles. The second-order valence-corrected chi connectivity index (χ2v) is 7.78. The van der Waals surface area contributed by atoms with E-state index in [2.05, 4.69) is 20.0 Å². The molecular formula is C25H18F2N6OS. The Morgan fingerprint density at radius 1 is 0.914 bits per heavy atom. The van der Waals surface area contributed by atoms with Crippen LogP contribution in [0.5, 0.6) is 5.75 Å². The molecule has 0 spiro atoms. The normalized spacial score (nSPS) is 11.4. The molecule has 0 aliphatic heterocycles. The fourth-order valence-electron chi connectivity index (χ4n) is 3.51. The van der Waals surface area contributed by atoms with E-state index in [1.165, 1.54) is 16.8 Å². The summed E-state index contributed by atoms with van der Waals surface area (Å²) >= 11 is 5.37. The maximum absolute atomic E-state index is 12.5. The van der Waals surface area contributed by atoms with Crippen LogP contribution < -0.4 is 4.74 Å². The zero-order valence-electron chi connectivity index (χ0n) is 18.1. The molecule has 0 unspecified atom stereocenters. The molecule has 2 aromatic heterocycles. The maximum Gasteiger partial charge on any atom is 0.387 e. The first kappa shape index (κ1) is 22.4. The van der Waals surface area contributed by atoms with Crippen LogP contribution in [-0.4, -0.2) is 37.5 Å². The van der Waals surface area contributed by atoms with Crippen molar-refractivity contribution in [2.24, 2.45) is 5.10 Å². The number of benzene rings is 3. The third-order valence-electron chi connectivity index (χ3n) is 5.11. The Morgan fingerprint density at radius 3 is 2.29 bits per heavy atom. The topological polar surface area (TPSA) is 73.0 Å². The summed E-state index contributed by atoms with van der Waals surface area (Å²) in [7, 11) is 0. The van der Waals surface area contributed by atoms with Crippen LogP contribution in [0.1, 0.15) is 5.56 Å². The van der Waals surface area contributed by atoms with Crippen molar-refractivity contribution in [3.8, 4) is 34.1 Å². The second-order valence-electron chi connectivity index (χ2n) is 7.39. The van der Waals surface area contributed by atoms with Crippen molar-refractivity contribution in [1.82, 2.24) is 24.7 Å². The molecule has 1 N–H and O–H groups in total. The van der Waals surface area contributed by atoms with Gasteiger partial charge < -0.3 is 4.74 Å². The highest BCUT2D eigenvalue weighted by Gasteiger charge is 2.13. The van der Waals surface area contributed by atoms with Gasteiger partial charge in [-0.15, -0.1) is 0 Å². The Kier molecular flexibility index (Phi) is 6.27. The van der Waals surface area contributed by atoms with Crippen molar-refractivity contribution in [1.29, 1.82) is 0 Å². The number of ether oxygens (including phenoxy) is 1. The number of nitrogens with zero attached hydrogens (tertiary/aromatic N) is 5. The van der Waals surface area contributed by atoms with E-state index in [4.69, 9.17) is 17.3 Å². The summed E-state index contributed by atoms with van der Waals surface area (Å²) in [5.41, 5.74) is 4.00. The van der Waals surface area contributed by atoms with Crippen LogP contribution in [0.3, 0.4) is 0 Å². The zero-order chi connectivity index (χ0) is 24.2. The summed E-state index contributed by atoms with van der Waals surface area (Å²) in [4.78, 5) is 0. The molecule has 0 fully saturated rings. The molecule has 0 amide bonds. The number of alkyl halides is 2. The summed E-state index contributed by atoms with van der Waals surface area (Å²) in [6, 6.07) is 25.7. The van der Waals surface area contributed by atoms with Gasteiger partial charge in [-0.2, -0.15) is 28.8 Å². The van der Waals surface area contributed by atoms with Crippen molar-refractivity contribution in [3.63, 3.8) is 0 Å². The van der Waals surface area contributed by atoms with Gasteiger partial charge in [0.1, 0.15) is 11.4 Å². The lowest BCUT2D eigenvalue weighted by Gasteiger charge is -2.05. The fraction of sp³-hybridized carbons (Fsp3) is 0.0400. The molecule has 5 aromatic rings. The lowest BCUT2D eigenvalue weighted by molar-refractivity contribution is -0.0498. The van der Waals surface area contributed by atoms with Gasteiger partial charge in [-0.05, 0) is 48.6 Å². The van der Waals surface area contributed by atoms with Crippen molar-refractivity contribution < 1.29 is 13.5 Å². The largest absolute Gasteiger partial charge is 0.435 e. The lowest BCUT2D eigenvalue weighted by atomic mass is 10.1. The molecule has 0 atom stereocenters. The molecule has 5 rings (SSSR count). The highest BCUT2D eigenvalue weighted by Crippen LogP contribution is 2.24. The van der Waals surface area contributed by atoms with Crippen LogP contribution in [-0.2, 0) is 0 Å². The fourth-order valence-corrected chi connectivity index (χ4v) is 3.69. The van der Waals surface area contributed by atoms with E-state index < -0.39 is 6.61 Å². The predicted molar refractivity (Wildman–Crippen MR) is 131 cm³/mol. The minimum absolute atomic E-state index is 0.0498. The van der Waals surface area contributed by atoms with Gasteiger partial charge in [0.25, 0.3) is 0 Å². The molecule has 7 nitrogen and oxygen atoms in total. The molecule has 0 aliphatic carbocycles. The van der Waals surface area contributed by atoms with Gasteiger partial charge >= 0.3 is 6.61 Å². The molecule has 174 valence electrons. The Labute approximate surface area is 203 Å². The first-order valence-electron chi connectivity index (χ1n) is 10.6. The number of H-pyrrole nitrogens is 1. The summed E-state index contributed by atoms with van der Waals surface area (Å²) in [5, 5.41) is 16.3. The Morgan fingerprint density at radius 2 is 1.60 bits per heavy atom. The Bertz CT molecular complexity index is 1510. The minimum Gasteiger partial charge on any atom is -0.435 e. The van der Waals surface area contributed by atoms with E-state index in [1.807, 2.05) is 66.9 Å². The number of hydrogen-bond acceptors (Lipinski definition) is 5. The van der Waals surface area contributed by atoms with Gasteiger partial charge in [-0.25, -0.2) is 9.78 Å². The summed E-state index contributed by atoms with van der Waals surface area (Å²) < 4.78 is 32.9. The molecule has 0 bridgehead atoms. The van der Waals surface area contributed by atoms with Crippen LogP contribution in [0, 0.1) is 4.77 Å². The zero-order valence-corrected chi connectivity index (χ0v) is 18.9. The number of rotatable bonds is 7. The summed E-state index contributed by atoms with van der Waals surface area (Å²) in [5.74, 6) is 0.473. The van der Waals surface area contributed by atoms with Gasteiger partial charge in [-0.1, -0.05) is 48.5 Å². The monoisotopic (exact) mass is 488 g/mol. The van der Waals surface area contributed by atoms with Crippen LogP contribution in [0.25, 0.3) is 28.3 Å². The number of aromatic nitrogens is 5. The molecule has 0 radical (unpaired) electrons. The minimum atomic E-state index is -2.89. The van der Waals surface area contributed by atoms with E-state index in [1.54, 1.807) is 23.0 Å². The van der Waals surface area contributed by atoms with Gasteiger partial charge in [0.05, 0.1) is 11.9 Å². The number of para-hydroxylation sites is 1. The summed E-state index contributed by atoms with van der Waals surface area (Å²) in [6.07, 6.45) is 3.55. The second kappa shape index (κ2) is 9.82. The van der Waals surface area contributed by atoms with Crippen LogP contribution in [0.2, 0.25) is 0 Å². The van der Waals surface area contributed by atoms with Crippen molar-refractivity contribution >= 4 is 18.4 Å². The smallest absolute Gasteiger partial charge is 0.387 e. The highest BCUT2D eigenvalue weighted by molar-refractivity contribution is 7.71. The van der Waals surface area contributed by atoms with E-state index >= 15 is 0 Å². The maximum atomic E-state index is 12.5. The summed E-state index contributed by atoms with van der Waals surface area (Å²) in [6.45, 7) is -2.89. The van der Waals surface area contributed by atoms with Crippen LogP contribution in [0.15, 0.2) is 96.2 Å². The number of nitrogens with one attached hydrogen (secondary N) is 1. The van der Waals surface area contributed by atoms with Gasteiger partial charge in [0, 0.05) is 22.9 Å². The standard InChI is InChI=1S/C25H18F2N6OS/c26-24(27)34-21-13-11-18(12-14-21)23-29-30-25(35)33(23)28-15-19-16-32(20-9-5-2-6-10-20)31-22(19)17-7-3-1-4-8-17/h1-16,24H,(H,30,35). The lowest BCUT2D eigenvalue weighted by Crippen LogP contribution is -2.01. The molecule has 3 aromatic carbocycles. The third-order valence-corrected chi connectivity index (χ3v) is 5.38. The number of halogens is 2. The third kappa shape index (κ3) is 4.92. The van der Waals surface area contributed by atoms with Crippen molar-refractivity contribution in [3.05, 3.63) is 101 Å². The van der Waals surface area contributed by atoms with E-state index in [0.717, 1.165) is 22.5 Å². The quantitative estimate of drug-likeness (QED) is 0.227. The van der Waals surface area contributed by atoms with Gasteiger partial charge in [0.2, 0.25) is 4.77 Å². The van der Waals surface area contributed by atoms with Crippen molar-refractivity contribution in [2.45, 2.75) is 6.61 Å². The average molecular weight is 489 g/mol. The molecule has 0 aliphatic rings. The predicted octanol–water partition coefficient (Wildman–Crippen LogP) is 5.94. The van der Waals surface area contributed by atoms with E-state index in [9.17, 15) is 8.78 Å². The SMILES string of the molecule is FC(F)Oc1ccc(-c2n[nH]c(=S)n2N=Cc2cn(-c3ccccc3)nc2-c2ccccc2)cc1. The van der Waals surface area contributed by atoms with Crippen molar-refractivity contribution in [2.75, 3.05) is 0 Å². The first-order chi connectivity index (χ1) is 17.1. The number of aromatic amines is 1. The van der Waals surface area contributed by atoms with E-state index in [-0.39, 0.29) is 10.5 Å². The number of hydrogen-bond donors (Lipinski definition) is 1. The Balaban J connectivity index is 1.52. The average Bonchev–Trinajstić information content (AvgIpc) is 3.47. The molecule has 10 heteroatoms. The van der Waals surface area contributed by atoms with Gasteiger partial charge in [0.15, 0.2) is 5.82 Å². The van der Waals surface area contributed by atoms with Gasteiger partial charge in [-0.3, -0.25) is 0 Å². The Hall–Kier alpha value is -4.44.